The van der Waals surface area contributed by atoms with E-state index >= 15 is 0 Å². The molecule has 0 fully saturated rings. The number of rotatable bonds is 5. The van der Waals surface area contributed by atoms with Gasteiger partial charge < -0.3 is 20.5 Å². The highest BCUT2D eigenvalue weighted by Crippen LogP contribution is 2.22. The molecule has 0 unspecified atom stereocenters. The molecule has 0 radical (unpaired) electrons. The third-order valence-corrected chi connectivity index (χ3v) is 2.88. The average molecular weight is 286 g/mol. The summed E-state index contributed by atoms with van der Waals surface area (Å²) in [5, 5.41) is 2.74. The van der Waals surface area contributed by atoms with Crippen LogP contribution in [0.1, 0.15) is 5.56 Å². The molecule has 110 valence electrons. The van der Waals surface area contributed by atoms with E-state index in [1.54, 1.807) is 43.5 Å². The van der Waals surface area contributed by atoms with Crippen LogP contribution in [0.15, 0.2) is 42.5 Å². The number of anilines is 2. The molecule has 0 aliphatic carbocycles. The first-order chi connectivity index (χ1) is 10.1. The summed E-state index contributed by atoms with van der Waals surface area (Å²) in [6.45, 7) is 1.83. The van der Waals surface area contributed by atoms with Gasteiger partial charge in [0, 0.05) is 11.8 Å². The Balaban J connectivity index is 1.94. The predicted molar refractivity (Wildman–Crippen MR) is 82.7 cm³/mol. The zero-order chi connectivity index (χ0) is 15.2. The van der Waals surface area contributed by atoms with Crippen LogP contribution < -0.4 is 20.5 Å². The highest BCUT2D eigenvalue weighted by molar-refractivity contribution is 5.92. The minimum atomic E-state index is -0.260. The van der Waals surface area contributed by atoms with E-state index in [1.165, 1.54) is 0 Å². The Morgan fingerprint density at radius 2 is 2.05 bits per heavy atom. The summed E-state index contributed by atoms with van der Waals surface area (Å²) in [5.74, 6) is 0.927. The quantitative estimate of drug-likeness (QED) is 0.829. The summed E-state index contributed by atoms with van der Waals surface area (Å²) >= 11 is 0. The van der Waals surface area contributed by atoms with Crippen molar-refractivity contribution in [3.8, 4) is 11.5 Å². The number of benzene rings is 2. The molecule has 0 atom stereocenters. The van der Waals surface area contributed by atoms with Crippen molar-refractivity contribution in [2.24, 2.45) is 0 Å². The summed E-state index contributed by atoms with van der Waals surface area (Å²) in [5.41, 5.74) is 7.98. The monoisotopic (exact) mass is 286 g/mol. The number of aryl methyl sites for hydroxylation is 1. The lowest BCUT2D eigenvalue weighted by Crippen LogP contribution is -2.20. The molecule has 0 heterocycles. The van der Waals surface area contributed by atoms with E-state index in [4.69, 9.17) is 15.2 Å². The van der Waals surface area contributed by atoms with E-state index in [2.05, 4.69) is 5.32 Å². The van der Waals surface area contributed by atoms with Crippen LogP contribution in [0.25, 0.3) is 0 Å². The lowest BCUT2D eigenvalue weighted by atomic mass is 10.2. The van der Waals surface area contributed by atoms with Crippen LogP contribution in [0.2, 0.25) is 0 Å². The number of nitrogens with one attached hydrogen (secondary N) is 1. The molecule has 21 heavy (non-hydrogen) atoms. The zero-order valence-corrected chi connectivity index (χ0v) is 12.1. The maximum absolute atomic E-state index is 11.9. The van der Waals surface area contributed by atoms with Gasteiger partial charge in [-0.25, -0.2) is 0 Å². The fourth-order valence-corrected chi connectivity index (χ4v) is 1.81. The highest BCUT2D eigenvalue weighted by Gasteiger charge is 2.06. The van der Waals surface area contributed by atoms with Gasteiger partial charge in [-0.2, -0.15) is 0 Å². The molecule has 2 aromatic carbocycles. The highest BCUT2D eigenvalue weighted by atomic mass is 16.5. The molecule has 5 heteroatoms. The number of carbonyl (C=O) groups is 1. The molecule has 0 bridgehead atoms. The summed E-state index contributed by atoms with van der Waals surface area (Å²) in [4.78, 5) is 11.9. The Kier molecular flexibility index (Phi) is 4.66. The van der Waals surface area contributed by atoms with Crippen molar-refractivity contribution >= 4 is 17.3 Å². The van der Waals surface area contributed by atoms with Crippen molar-refractivity contribution in [1.29, 1.82) is 0 Å². The van der Waals surface area contributed by atoms with Gasteiger partial charge in [-0.1, -0.05) is 12.1 Å². The number of nitrogen functional groups attached to an aromatic ring is 1. The average Bonchev–Trinajstić information content (AvgIpc) is 2.48. The van der Waals surface area contributed by atoms with Gasteiger partial charge in [0.15, 0.2) is 6.61 Å². The zero-order valence-electron chi connectivity index (χ0n) is 12.1. The number of amides is 1. The van der Waals surface area contributed by atoms with Crippen LogP contribution in [0.3, 0.4) is 0 Å². The molecule has 5 nitrogen and oxygen atoms in total. The van der Waals surface area contributed by atoms with E-state index in [1.807, 2.05) is 13.0 Å². The van der Waals surface area contributed by atoms with E-state index in [0.717, 1.165) is 5.56 Å². The Hall–Kier alpha value is -2.69. The smallest absolute Gasteiger partial charge is 0.262 e. The Morgan fingerprint density at radius 3 is 2.81 bits per heavy atom. The van der Waals surface area contributed by atoms with Gasteiger partial charge in [-0.3, -0.25) is 4.79 Å². The van der Waals surface area contributed by atoms with Crippen LogP contribution in [0.5, 0.6) is 11.5 Å². The number of hydrogen-bond donors (Lipinski definition) is 2. The van der Waals surface area contributed by atoms with Gasteiger partial charge in [-0.15, -0.1) is 0 Å². The summed E-state index contributed by atoms with van der Waals surface area (Å²) < 4.78 is 10.5. The van der Waals surface area contributed by atoms with Crippen LogP contribution in [-0.4, -0.2) is 19.6 Å². The van der Waals surface area contributed by atoms with E-state index in [9.17, 15) is 4.79 Å². The summed E-state index contributed by atoms with van der Waals surface area (Å²) in [6, 6.07) is 12.6. The van der Waals surface area contributed by atoms with Gasteiger partial charge >= 0.3 is 0 Å². The molecule has 0 aliphatic rings. The molecule has 0 aromatic heterocycles. The molecule has 3 N–H and O–H groups in total. The molecular formula is C16H18N2O3. The largest absolute Gasteiger partial charge is 0.497 e. The van der Waals surface area contributed by atoms with Gasteiger partial charge in [0.2, 0.25) is 0 Å². The van der Waals surface area contributed by atoms with Gasteiger partial charge in [-0.05, 0) is 36.8 Å². The van der Waals surface area contributed by atoms with Gasteiger partial charge in [0.1, 0.15) is 11.5 Å². The second-order valence-electron chi connectivity index (χ2n) is 4.61. The van der Waals surface area contributed by atoms with Crippen molar-refractivity contribution < 1.29 is 14.3 Å². The van der Waals surface area contributed by atoms with E-state index in [-0.39, 0.29) is 12.5 Å². The molecule has 2 aromatic rings. The van der Waals surface area contributed by atoms with Crippen molar-refractivity contribution in [1.82, 2.24) is 0 Å². The Morgan fingerprint density at radius 1 is 1.24 bits per heavy atom. The van der Waals surface area contributed by atoms with Crippen LogP contribution >= 0.6 is 0 Å². The van der Waals surface area contributed by atoms with Crippen LogP contribution in [0, 0.1) is 6.92 Å². The minimum Gasteiger partial charge on any atom is -0.497 e. The standard InChI is InChI=1S/C16H18N2O3/c1-11-6-7-14(17)15(8-11)21-10-16(19)18-12-4-3-5-13(9-12)20-2/h3-9H,10,17H2,1-2H3,(H,18,19). The minimum absolute atomic E-state index is 0.106. The van der Waals surface area contributed by atoms with Gasteiger partial charge in [0.05, 0.1) is 12.8 Å². The maximum Gasteiger partial charge on any atom is 0.262 e. The Bertz CT molecular complexity index is 641. The van der Waals surface area contributed by atoms with Crippen molar-refractivity contribution in [3.05, 3.63) is 48.0 Å². The molecular weight excluding hydrogens is 268 g/mol. The SMILES string of the molecule is COc1cccc(NC(=O)COc2cc(C)ccc2N)c1. The molecule has 0 saturated carbocycles. The first-order valence-corrected chi connectivity index (χ1v) is 6.51. The number of ether oxygens (including phenoxy) is 2. The lowest BCUT2D eigenvalue weighted by Gasteiger charge is -2.10. The summed E-state index contributed by atoms with van der Waals surface area (Å²) in [7, 11) is 1.57. The maximum atomic E-state index is 11.9. The van der Waals surface area contributed by atoms with Crippen molar-refractivity contribution in [2.75, 3.05) is 24.8 Å². The second kappa shape index (κ2) is 6.65. The number of methoxy groups -OCH3 is 1. The van der Waals surface area contributed by atoms with E-state index in [0.29, 0.717) is 22.9 Å². The first kappa shape index (κ1) is 14.7. The number of carbonyl (C=O) groups excluding carboxylic acids is 1. The van der Waals surface area contributed by atoms with Crippen molar-refractivity contribution in [2.45, 2.75) is 6.92 Å². The predicted octanol–water partition coefficient (Wildman–Crippen LogP) is 2.60. The number of hydrogen-bond acceptors (Lipinski definition) is 4. The fraction of sp³-hybridized carbons (Fsp3) is 0.188. The third-order valence-electron chi connectivity index (χ3n) is 2.88. The van der Waals surface area contributed by atoms with Crippen LogP contribution in [0.4, 0.5) is 11.4 Å². The fourth-order valence-electron chi connectivity index (χ4n) is 1.81. The van der Waals surface area contributed by atoms with Gasteiger partial charge in [0.25, 0.3) is 5.91 Å². The first-order valence-electron chi connectivity index (χ1n) is 6.51. The summed E-state index contributed by atoms with van der Waals surface area (Å²) in [6.07, 6.45) is 0. The number of nitrogens with two attached hydrogens (primary N) is 1. The topological polar surface area (TPSA) is 73.6 Å². The normalized spacial score (nSPS) is 10.0. The lowest BCUT2D eigenvalue weighted by molar-refractivity contribution is -0.118. The molecule has 0 aliphatic heterocycles. The van der Waals surface area contributed by atoms with E-state index < -0.39 is 0 Å². The van der Waals surface area contributed by atoms with Crippen LogP contribution in [-0.2, 0) is 4.79 Å². The second-order valence-corrected chi connectivity index (χ2v) is 4.61. The Labute approximate surface area is 123 Å². The molecule has 1 amide bonds. The molecule has 2 rings (SSSR count). The molecule has 0 saturated heterocycles. The van der Waals surface area contributed by atoms with Crippen molar-refractivity contribution in [3.63, 3.8) is 0 Å². The molecule has 0 spiro atoms. The third kappa shape index (κ3) is 4.14.